The number of thiazole rings is 1. The fourth-order valence-electron chi connectivity index (χ4n) is 3.75. The highest BCUT2D eigenvalue weighted by atomic mass is 32.1. The van der Waals surface area contributed by atoms with Crippen molar-refractivity contribution in [1.82, 2.24) is 4.57 Å². The van der Waals surface area contributed by atoms with E-state index in [1.807, 2.05) is 56.5 Å². The highest BCUT2D eigenvalue weighted by Crippen LogP contribution is 2.33. The molecule has 0 fully saturated rings. The van der Waals surface area contributed by atoms with Crippen LogP contribution in [0.4, 0.5) is 0 Å². The Labute approximate surface area is 201 Å². The minimum Gasteiger partial charge on any atom is -0.462 e. The van der Waals surface area contributed by atoms with Crippen LogP contribution in [0.15, 0.2) is 62.8 Å². The summed E-state index contributed by atoms with van der Waals surface area (Å²) >= 11 is 2.87. The quantitative estimate of drug-likeness (QED) is 0.484. The first-order chi connectivity index (χ1) is 15.8. The fourth-order valence-corrected chi connectivity index (χ4v) is 5.62. The Kier molecular flexibility index (Phi) is 6.81. The summed E-state index contributed by atoms with van der Waals surface area (Å²) in [5.41, 5.74) is 3.09. The molecule has 7 heteroatoms. The molecule has 1 aromatic carbocycles. The summed E-state index contributed by atoms with van der Waals surface area (Å²) in [6, 6.07) is 11.6. The second-order valence-corrected chi connectivity index (χ2v) is 10.9. The number of hydrogen-bond donors (Lipinski definition) is 0. The van der Waals surface area contributed by atoms with Gasteiger partial charge in [0, 0.05) is 4.88 Å². The van der Waals surface area contributed by atoms with E-state index in [0.717, 1.165) is 10.4 Å². The molecule has 0 aliphatic carbocycles. The van der Waals surface area contributed by atoms with Crippen molar-refractivity contribution in [2.24, 2.45) is 10.9 Å². The van der Waals surface area contributed by atoms with Crippen molar-refractivity contribution < 1.29 is 9.53 Å². The summed E-state index contributed by atoms with van der Waals surface area (Å²) in [6.45, 7) is 10.4. The molecule has 0 radical (unpaired) electrons. The fraction of sp³-hybridized carbons (Fsp3) is 0.346. The number of ether oxygens (including phenoxy) is 1. The van der Waals surface area contributed by atoms with E-state index in [-0.39, 0.29) is 11.5 Å². The number of benzene rings is 1. The molecule has 1 aliphatic rings. The Morgan fingerprint density at radius 2 is 1.91 bits per heavy atom. The maximum absolute atomic E-state index is 13.6. The van der Waals surface area contributed by atoms with E-state index < -0.39 is 12.0 Å². The van der Waals surface area contributed by atoms with Crippen molar-refractivity contribution in [2.75, 3.05) is 6.61 Å². The van der Waals surface area contributed by atoms with Gasteiger partial charge in [-0.3, -0.25) is 9.36 Å². The molecular formula is C26H28N2O3S2. The van der Waals surface area contributed by atoms with E-state index >= 15 is 0 Å². The Morgan fingerprint density at radius 1 is 1.18 bits per heavy atom. The van der Waals surface area contributed by atoms with Gasteiger partial charge in [-0.1, -0.05) is 69.4 Å². The summed E-state index contributed by atoms with van der Waals surface area (Å²) in [7, 11) is 0. The highest BCUT2D eigenvalue weighted by Gasteiger charge is 2.34. The molecule has 4 rings (SSSR count). The van der Waals surface area contributed by atoms with Crippen molar-refractivity contribution in [3.63, 3.8) is 0 Å². The summed E-state index contributed by atoms with van der Waals surface area (Å²) in [5, 5.41) is 1.95. The number of carbonyl (C=O) groups excluding carboxylic acids is 1. The largest absolute Gasteiger partial charge is 0.462 e. The van der Waals surface area contributed by atoms with Gasteiger partial charge in [-0.25, -0.2) is 9.79 Å². The molecule has 0 N–H and O–H groups in total. The van der Waals surface area contributed by atoms with Crippen LogP contribution in [0, 0.1) is 5.92 Å². The van der Waals surface area contributed by atoms with Crippen LogP contribution in [0.5, 0.6) is 0 Å². The van der Waals surface area contributed by atoms with Gasteiger partial charge in [0.1, 0.15) is 6.04 Å². The summed E-state index contributed by atoms with van der Waals surface area (Å²) < 4.78 is 7.79. The van der Waals surface area contributed by atoms with Crippen LogP contribution >= 0.6 is 22.7 Å². The zero-order valence-corrected chi connectivity index (χ0v) is 21.1. The van der Waals surface area contributed by atoms with Crippen LogP contribution in [-0.4, -0.2) is 17.1 Å². The predicted octanol–water partition coefficient (Wildman–Crippen LogP) is 4.62. The van der Waals surface area contributed by atoms with Crippen molar-refractivity contribution in [3.05, 3.63) is 88.7 Å². The molecule has 33 heavy (non-hydrogen) atoms. The number of hydrogen-bond acceptors (Lipinski definition) is 6. The minimum absolute atomic E-state index is 0.147. The molecule has 1 atom stereocenters. The third-order valence-electron chi connectivity index (χ3n) is 5.50. The summed E-state index contributed by atoms with van der Waals surface area (Å²) in [5.74, 6) is 0.257. The average molecular weight is 481 g/mol. The van der Waals surface area contributed by atoms with Crippen molar-refractivity contribution in [3.8, 4) is 0 Å². The standard InChI is InChI=1S/C26H28N2O3S2/c1-15(2)14-31-25(30)22-17(5)27-26-28(23(22)20-7-6-12-32-20)24(29)21(33-26)13-18-8-10-19(11-9-18)16(3)4/h6-13,15-16,23H,14H2,1-5H3/b21-13+/t23-/m1/s1. The van der Waals surface area contributed by atoms with Crippen LogP contribution in [0.3, 0.4) is 0 Å². The number of thiophene rings is 1. The Bertz CT molecular complexity index is 1360. The number of carbonyl (C=O) groups is 1. The Balaban J connectivity index is 1.82. The summed E-state index contributed by atoms with van der Waals surface area (Å²) in [6.07, 6.45) is 1.90. The highest BCUT2D eigenvalue weighted by molar-refractivity contribution is 7.10. The van der Waals surface area contributed by atoms with Gasteiger partial charge in [0.25, 0.3) is 5.56 Å². The second-order valence-electron chi connectivity index (χ2n) is 8.91. The first-order valence-electron chi connectivity index (χ1n) is 11.1. The smallest absolute Gasteiger partial charge is 0.338 e. The van der Waals surface area contributed by atoms with E-state index in [9.17, 15) is 9.59 Å². The van der Waals surface area contributed by atoms with Gasteiger partial charge in [-0.05, 0) is 47.4 Å². The second kappa shape index (κ2) is 9.61. The van der Waals surface area contributed by atoms with Gasteiger partial charge in [0.2, 0.25) is 0 Å². The van der Waals surface area contributed by atoms with Crippen LogP contribution in [-0.2, 0) is 9.53 Å². The number of esters is 1. The molecule has 5 nitrogen and oxygen atoms in total. The van der Waals surface area contributed by atoms with Gasteiger partial charge in [0.15, 0.2) is 4.80 Å². The maximum atomic E-state index is 13.6. The lowest BCUT2D eigenvalue weighted by atomic mass is 10.0. The van der Waals surface area contributed by atoms with E-state index in [0.29, 0.717) is 33.1 Å². The van der Waals surface area contributed by atoms with Crippen LogP contribution < -0.4 is 14.9 Å². The van der Waals surface area contributed by atoms with Gasteiger partial charge in [-0.15, -0.1) is 11.3 Å². The molecule has 2 aromatic heterocycles. The summed E-state index contributed by atoms with van der Waals surface area (Å²) in [4.78, 5) is 32.8. The first-order valence-corrected chi connectivity index (χ1v) is 12.8. The van der Waals surface area contributed by atoms with Crippen LogP contribution in [0.2, 0.25) is 0 Å². The molecule has 0 saturated heterocycles. The number of allylic oxidation sites excluding steroid dienone is 1. The molecule has 1 aliphatic heterocycles. The van der Waals surface area contributed by atoms with E-state index in [4.69, 9.17) is 4.74 Å². The topological polar surface area (TPSA) is 60.7 Å². The molecule has 0 unspecified atom stereocenters. The first kappa shape index (κ1) is 23.4. The molecule has 0 amide bonds. The lowest BCUT2D eigenvalue weighted by molar-refractivity contribution is -0.140. The van der Waals surface area contributed by atoms with E-state index in [1.54, 1.807) is 4.57 Å². The molecule has 172 valence electrons. The normalized spacial score (nSPS) is 16.3. The lowest BCUT2D eigenvalue weighted by Gasteiger charge is -2.23. The molecule has 0 saturated carbocycles. The number of fused-ring (bicyclic) bond motifs is 1. The molecular weight excluding hydrogens is 452 g/mol. The van der Waals surface area contributed by atoms with Gasteiger partial charge < -0.3 is 4.74 Å². The Morgan fingerprint density at radius 3 is 2.52 bits per heavy atom. The molecule has 3 heterocycles. The van der Waals surface area contributed by atoms with Crippen molar-refractivity contribution in [1.29, 1.82) is 0 Å². The monoisotopic (exact) mass is 480 g/mol. The minimum atomic E-state index is -0.536. The number of nitrogens with zero attached hydrogens (tertiary/aromatic N) is 2. The zero-order valence-electron chi connectivity index (χ0n) is 19.5. The molecule has 0 bridgehead atoms. The Hall–Kier alpha value is -2.77. The SMILES string of the molecule is CC1=C(C(=O)OCC(C)C)[C@@H](c2cccs2)n2c(s/c(=C/c3ccc(C(C)C)cc3)c2=O)=N1. The molecule has 3 aromatic rings. The average Bonchev–Trinajstić information content (AvgIpc) is 3.40. The lowest BCUT2D eigenvalue weighted by Crippen LogP contribution is -2.39. The van der Waals surface area contributed by atoms with Crippen molar-refractivity contribution >= 4 is 34.7 Å². The van der Waals surface area contributed by atoms with Crippen LogP contribution in [0.1, 0.15) is 62.6 Å². The zero-order chi connectivity index (χ0) is 23.7. The number of rotatable bonds is 6. The number of aromatic nitrogens is 1. The van der Waals surface area contributed by atoms with Gasteiger partial charge >= 0.3 is 5.97 Å². The van der Waals surface area contributed by atoms with Gasteiger partial charge in [-0.2, -0.15) is 0 Å². The van der Waals surface area contributed by atoms with Gasteiger partial charge in [0.05, 0.1) is 22.4 Å². The molecule has 0 spiro atoms. The predicted molar refractivity (Wildman–Crippen MR) is 134 cm³/mol. The van der Waals surface area contributed by atoms with Crippen LogP contribution in [0.25, 0.3) is 6.08 Å². The third-order valence-corrected chi connectivity index (χ3v) is 7.41. The van der Waals surface area contributed by atoms with Crippen molar-refractivity contribution in [2.45, 2.75) is 46.6 Å². The maximum Gasteiger partial charge on any atom is 0.338 e. The van der Waals surface area contributed by atoms with E-state index in [1.165, 1.54) is 28.2 Å². The van der Waals surface area contributed by atoms with E-state index in [2.05, 4.69) is 31.0 Å². The third kappa shape index (κ3) is 4.80.